The number of para-hydroxylation sites is 2. The molecule has 3 N–H and O–H groups in total. The maximum absolute atomic E-state index is 14.4. The van der Waals surface area contributed by atoms with Gasteiger partial charge in [-0.3, -0.25) is 5.01 Å². The summed E-state index contributed by atoms with van der Waals surface area (Å²) in [5.74, 6) is 1.18. The summed E-state index contributed by atoms with van der Waals surface area (Å²) in [5.41, 5.74) is -2.31. The van der Waals surface area contributed by atoms with Gasteiger partial charge in [-0.15, -0.1) is 12.3 Å². The largest absolute Gasteiger partial charge is 0.370 e. The molecule has 10 heteroatoms. The van der Waals surface area contributed by atoms with Gasteiger partial charge in [-0.25, -0.2) is 32.2 Å². The predicted octanol–water partition coefficient (Wildman–Crippen LogP) is 6.66. The lowest BCUT2D eigenvalue weighted by Gasteiger charge is -2.34. The fourth-order valence-electron chi connectivity index (χ4n) is 2.65. The highest BCUT2D eigenvalue weighted by Crippen LogP contribution is 2.34. The van der Waals surface area contributed by atoms with E-state index < -0.39 is 62.9 Å². The topological polar surface area (TPSA) is 41.3 Å². The van der Waals surface area contributed by atoms with Crippen molar-refractivity contribution in [1.82, 2.24) is 0 Å². The lowest BCUT2D eigenvalue weighted by Crippen LogP contribution is -2.49. The molecule has 0 heterocycles. The number of nitrogens with one attached hydrogen (secondary N) is 1. The molecule has 2 aromatic rings. The first kappa shape index (κ1) is 27.9. The first-order chi connectivity index (χ1) is 15.5. The molecule has 2 atom stereocenters. The first-order valence-electron chi connectivity index (χ1n) is 9.08. The molecule has 0 fully saturated rings. The molecule has 0 spiro atoms. The van der Waals surface area contributed by atoms with Crippen molar-refractivity contribution in [2.45, 2.75) is 17.9 Å². The molecule has 0 aliphatic carbocycles. The minimum atomic E-state index is -1.71. The van der Waals surface area contributed by atoms with Crippen LogP contribution in [-0.2, 0) is 0 Å². The molecule has 0 saturated carbocycles. The molecule has 0 amide bonds. The fraction of sp³-hybridized carbons (Fsp3) is 0.130. The Kier molecular flexibility index (Phi) is 10.8. The van der Waals surface area contributed by atoms with Crippen LogP contribution in [0.15, 0.2) is 72.9 Å². The van der Waals surface area contributed by atoms with Crippen LogP contribution in [0.5, 0.6) is 0 Å². The fourth-order valence-corrected chi connectivity index (χ4v) is 3.25. The number of rotatable bonds is 8. The van der Waals surface area contributed by atoms with Crippen molar-refractivity contribution < 1.29 is 26.3 Å². The van der Waals surface area contributed by atoms with E-state index in [1.165, 1.54) is 0 Å². The zero-order valence-corrected chi connectivity index (χ0v) is 18.9. The molecule has 0 aliphatic rings. The van der Waals surface area contributed by atoms with E-state index >= 15 is 0 Å². The SMILES string of the molecule is C#CC.C=C/C(F)=C(\C(=C)F)[C@H](Nc1c(F)cccc1F)[C@@H](Br)N(N)c1c(F)cccc1F. The number of nitrogens with zero attached hydrogens (tertiary/aromatic N) is 1. The summed E-state index contributed by atoms with van der Waals surface area (Å²) in [7, 11) is 0. The number of alkyl halides is 1. The summed E-state index contributed by atoms with van der Waals surface area (Å²) in [6.07, 6.45) is 5.23. The second kappa shape index (κ2) is 12.8. The van der Waals surface area contributed by atoms with E-state index in [9.17, 15) is 26.3 Å². The summed E-state index contributed by atoms with van der Waals surface area (Å²) >= 11 is 3.01. The zero-order chi connectivity index (χ0) is 25.3. The molecular formula is C23H20BrF6N3. The minimum absolute atomic E-state index is 0.486. The molecule has 0 bridgehead atoms. The van der Waals surface area contributed by atoms with Crippen LogP contribution in [0, 0.1) is 35.6 Å². The number of anilines is 2. The monoisotopic (exact) mass is 531 g/mol. The Morgan fingerprint density at radius 1 is 1.09 bits per heavy atom. The molecule has 3 nitrogen and oxygen atoms in total. The second-order valence-corrected chi connectivity index (χ2v) is 7.17. The zero-order valence-electron chi connectivity index (χ0n) is 17.4. The summed E-state index contributed by atoms with van der Waals surface area (Å²) in [6, 6.07) is 4.08. The molecule has 0 aromatic heterocycles. The quantitative estimate of drug-likeness (QED) is 0.0761. The van der Waals surface area contributed by atoms with E-state index in [0.29, 0.717) is 11.1 Å². The summed E-state index contributed by atoms with van der Waals surface area (Å²) in [4.78, 5) is -1.52. The molecule has 0 saturated heterocycles. The van der Waals surface area contributed by atoms with Crippen molar-refractivity contribution in [3.05, 3.63) is 96.1 Å². The third-order valence-corrected chi connectivity index (χ3v) is 5.01. The van der Waals surface area contributed by atoms with E-state index in [1.807, 2.05) is 0 Å². The van der Waals surface area contributed by atoms with Crippen molar-refractivity contribution in [3.8, 4) is 12.3 Å². The standard InChI is InChI=1S/C20H16BrF6N3.C3H4/c1-3-11(23)16(10(2)22)18(29-17-12(24)6-4-7-13(17)25)20(21)30(28)19-14(26)8-5-9-15(19)27;1-3-2/h3-9,18,20,29H,1-2,28H2;1H,2H3/b16-11-;/t18-,20-;/m0./s1. The van der Waals surface area contributed by atoms with Gasteiger partial charge in [0, 0.05) is 5.57 Å². The smallest absolute Gasteiger partial charge is 0.150 e. The van der Waals surface area contributed by atoms with Crippen LogP contribution in [0.2, 0.25) is 0 Å². The molecule has 176 valence electrons. The third-order valence-electron chi connectivity index (χ3n) is 4.04. The van der Waals surface area contributed by atoms with Gasteiger partial charge < -0.3 is 5.32 Å². The van der Waals surface area contributed by atoms with Crippen molar-refractivity contribution in [2.75, 3.05) is 10.3 Å². The lowest BCUT2D eigenvalue weighted by molar-refractivity contribution is 0.545. The maximum Gasteiger partial charge on any atom is 0.150 e. The number of halogens is 7. The van der Waals surface area contributed by atoms with Gasteiger partial charge in [-0.1, -0.05) is 41.2 Å². The normalized spacial score (nSPS) is 12.8. The van der Waals surface area contributed by atoms with Crippen molar-refractivity contribution in [3.63, 3.8) is 0 Å². The van der Waals surface area contributed by atoms with Crippen molar-refractivity contribution in [1.29, 1.82) is 0 Å². The van der Waals surface area contributed by atoms with Crippen LogP contribution in [-0.4, -0.2) is 11.0 Å². The van der Waals surface area contributed by atoms with Gasteiger partial charge in [0.2, 0.25) is 0 Å². The number of hydrazine groups is 1. The van der Waals surface area contributed by atoms with Crippen LogP contribution in [0.1, 0.15) is 6.92 Å². The van der Waals surface area contributed by atoms with E-state index in [1.54, 1.807) is 6.92 Å². The highest BCUT2D eigenvalue weighted by atomic mass is 79.9. The highest BCUT2D eigenvalue weighted by Gasteiger charge is 2.34. The lowest BCUT2D eigenvalue weighted by atomic mass is 10.0. The van der Waals surface area contributed by atoms with Gasteiger partial charge in [0.25, 0.3) is 0 Å². The van der Waals surface area contributed by atoms with Crippen LogP contribution < -0.4 is 16.2 Å². The summed E-state index contributed by atoms with van der Waals surface area (Å²) in [5, 5.41) is 2.78. The Bertz CT molecular complexity index is 1040. The summed E-state index contributed by atoms with van der Waals surface area (Å²) < 4.78 is 85.1. The maximum atomic E-state index is 14.4. The molecule has 33 heavy (non-hydrogen) atoms. The van der Waals surface area contributed by atoms with Crippen LogP contribution >= 0.6 is 15.9 Å². The number of benzene rings is 2. The Morgan fingerprint density at radius 3 is 1.91 bits per heavy atom. The van der Waals surface area contributed by atoms with Gasteiger partial charge in [0.1, 0.15) is 39.6 Å². The number of terminal acetylenes is 1. The van der Waals surface area contributed by atoms with Crippen molar-refractivity contribution in [2.24, 2.45) is 5.84 Å². The highest BCUT2D eigenvalue weighted by molar-refractivity contribution is 9.09. The number of hydrogen-bond acceptors (Lipinski definition) is 3. The third kappa shape index (κ3) is 6.91. The number of allylic oxidation sites excluding steroid dienone is 2. The van der Waals surface area contributed by atoms with Crippen LogP contribution in [0.25, 0.3) is 0 Å². The average Bonchev–Trinajstić information content (AvgIpc) is 2.74. The molecule has 0 unspecified atom stereocenters. The minimum Gasteiger partial charge on any atom is -0.370 e. The Morgan fingerprint density at radius 2 is 1.52 bits per heavy atom. The second-order valence-electron chi connectivity index (χ2n) is 6.23. The average molecular weight is 532 g/mol. The van der Waals surface area contributed by atoms with Gasteiger partial charge in [0.15, 0.2) is 11.6 Å². The van der Waals surface area contributed by atoms with E-state index in [-0.39, 0.29) is 0 Å². The molecular weight excluding hydrogens is 512 g/mol. The molecule has 0 aliphatic heterocycles. The van der Waals surface area contributed by atoms with Gasteiger partial charge in [0.05, 0.1) is 6.04 Å². The first-order valence-corrected chi connectivity index (χ1v) is 10.00. The van der Waals surface area contributed by atoms with E-state index in [2.05, 4.69) is 46.7 Å². The molecule has 2 aromatic carbocycles. The van der Waals surface area contributed by atoms with E-state index in [0.717, 1.165) is 36.4 Å². The Labute approximate surface area is 196 Å². The van der Waals surface area contributed by atoms with Gasteiger partial charge >= 0.3 is 0 Å². The van der Waals surface area contributed by atoms with Crippen LogP contribution in [0.4, 0.5) is 37.7 Å². The van der Waals surface area contributed by atoms with Crippen LogP contribution in [0.3, 0.4) is 0 Å². The molecule has 0 radical (unpaired) electrons. The summed E-state index contributed by atoms with van der Waals surface area (Å²) in [6.45, 7) is 7.85. The van der Waals surface area contributed by atoms with Crippen molar-refractivity contribution >= 4 is 27.3 Å². The number of hydrogen-bond donors (Lipinski definition) is 2. The molecule has 2 rings (SSSR count). The van der Waals surface area contributed by atoms with Gasteiger partial charge in [-0.05, 0) is 37.3 Å². The Balaban J connectivity index is 0.00000172. The van der Waals surface area contributed by atoms with Gasteiger partial charge in [-0.2, -0.15) is 0 Å². The Hall–Kier alpha value is -3.16. The predicted molar refractivity (Wildman–Crippen MR) is 123 cm³/mol. The number of nitrogens with two attached hydrogens (primary N) is 1. The van der Waals surface area contributed by atoms with E-state index in [4.69, 9.17) is 5.84 Å².